The number of rotatable bonds is 3. The normalized spacial score (nSPS) is 12.4. The minimum atomic E-state index is -5.13. The molecule has 0 bridgehead atoms. The molecule has 10 heteroatoms. The molecule has 0 unspecified atom stereocenters. The molecule has 0 fully saturated rings. The second kappa shape index (κ2) is 7.16. The number of nitrogens with zero attached hydrogens (tertiary/aromatic N) is 2. The number of hydrogen-bond acceptors (Lipinski definition) is 3. The van der Waals surface area contributed by atoms with Crippen LogP contribution in [0.2, 0.25) is 0 Å². The molecule has 1 aromatic heterocycles. The summed E-state index contributed by atoms with van der Waals surface area (Å²) in [5.41, 5.74) is 0.148. The Bertz CT molecular complexity index is 795. The van der Waals surface area contributed by atoms with Gasteiger partial charge in [-0.15, -0.1) is 0 Å². The van der Waals surface area contributed by atoms with Gasteiger partial charge >= 0.3 is 18.3 Å². The van der Waals surface area contributed by atoms with Gasteiger partial charge < -0.3 is 0 Å². The Kier molecular flexibility index (Phi) is 5.36. The van der Waals surface area contributed by atoms with Gasteiger partial charge in [-0.05, 0) is 35.4 Å². The van der Waals surface area contributed by atoms with E-state index in [9.17, 15) is 31.1 Å². The first-order valence-corrected chi connectivity index (χ1v) is 6.96. The topological polar surface area (TPSA) is 59.2 Å². The van der Waals surface area contributed by atoms with Crippen molar-refractivity contribution in [1.82, 2.24) is 4.98 Å². The summed E-state index contributed by atoms with van der Waals surface area (Å²) < 4.78 is 74.3. The zero-order valence-electron chi connectivity index (χ0n) is 12.8. The van der Waals surface area contributed by atoms with Crippen LogP contribution in [0.5, 0.6) is 0 Å². The second-order valence-corrected chi connectivity index (χ2v) is 5.08. The number of hydrogen-bond donors (Lipinski definition) is 1. The number of aromatic nitrogens is 1. The number of benzene rings is 1. The predicted octanol–water partition coefficient (Wildman–Crippen LogP) is 4.04. The highest BCUT2D eigenvalue weighted by Crippen LogP contribution is 2.29. The van der Waals surface area contributed by atoms with Gasteiger partial charge in [0.25, 0.3) is 0 Å². The fourth-order valence-electron chi connectivity index (χ4n) is 1.85. The van der Waals surface area contributed by atoms with Crippen LogP contribution in [0, 0.1) is 0 Å². The maximum absolute atomic E-state index is 12.5. The zero-order chi connectivity index (χ0) is 19.5. The molecule has 1 aromatic carbocycles. The van der Waals surface area contributed by atoms with Gasteiger partial charge in [-0.3, -0.25) is 4.79 Å². The molecule has 1 heterocycles. The molecule has 2 rings (SSSR count). The van der Waals surface area contributed by atoms with Gasteiger partial charge in [0.05, 0.1) is 5.56 Å². The second-order valence-electron chi connectivity index (χ2n) is 5.08. The SMILES string of the molecule is NN(C(=O)C(F)(F)F)c1ccc(/C=C/c2ccc(C(F)(F)F)cc2)cn1. The standard InChI is InChI=1S/C16H11F6N3O/c17-15(18,19)12-6-3-10(4-7-12)1-2-11-5-8-13(24-9-11)25(23)14(26)16(20,21)22/h1-9H,23H2/b2-1+. The van der Waals surface area contributed by atoms with Crippen LogP contribution < -0.4 is 10.9 Å². The lowest BCUT2D eigenvalue weighted by molar-refractivity contribution is -0.170. The number of carbonyl (C=O) groups is 1. The molecule has 0 aliphatic carbocycles. The van der Waals surface area contributed by atoms with Gasteiger partial charge in [0, 0.05) is 6.20 Å². The highest BCUT2D eigenvalue weighted by atomic mass is 19.4. The monoisotopic (exact) mass is 375 g/mol. The third-order valence-electron chi connectivity index (χ3n) is 3.19. The van der Waals surface area contributed by atoms with Gasteiger partial charge in [-0.25, -0.2) is 15.8 Å². The third kappa shape index (κ3) is 4.82. The van der Waals surface area contributed by atoms with E-state index in [1.165, 1.54) is 36.5 Å². The molecule has 0 saturated carbocycles. The van der Waals surface area contributed by atoms with Crippen LogP contribution in [-0.4, -0.2) is 17.1 Å². The molecule has 4 nitrogen and oxygen atoms in total. The summed E-state index contributed by atoms with van der Waals surface area (Å²) in [6, 6.07) is 6.85. The third-order valence-corrected chi connectivity index (χ3v) is 3.19. The predicted molar refractivity (Wildman–Crippen MR) is 82.3 cm³/mol. The summed E-state index contributed by atoms with van der Waals surface area (Å²) in [4.78, 5) is 14.7. The van der Waals surface area contributed by atoms with E-state index in [0.29, 0.717) is 11.1 Å². The Morgan fingerprint density at radius 1 is 0.923 bits per heavy atom. The molecule has 26 heavy (non-hydrogen) atoms. The fourth-order valence-corrected chi connectivity index (χ4v) is 1.85. The maximum atomic E-state index is 12.5. The summed E-state index contributed by atoms with van der Waals surface area (Å²) in [7, 11) is 0. The van der Waals surface area contributed by atoms with Crippen LogP contribution in [0.1, 0.15) is 16.7 Å². The van der Waals surface area contributed by atoms with E-state index in [1.54, 1.807) is 0 Å². The summed E-state index contributed by atoms with van der Waals surface area (Å²) in [5.74, 6) is 2.41. The molecule has 2 aromatic rings. The van der Waals surface area contributed by atoms with Crippen molar-refractivity contribution < 1.29 is 31.1 Å². The number of pyridine rings is 1. The Morgan fingerprint density at radius 2 is 1.46 bits per heavy atom. The molecule has 0 atom stereocenters. The Balaban J connectivity index is 2.09. The number of amides is 1. The summed E-state index contributed by atoms with van der Waals surface area (Å²) in [6.45, 7) is 0. The van der Waals surface area contributed by atoms with Crippen LogP contribution in [0.3, 0.4) is 0 Å². The van der Waals surface area contributed by atoms with E-state index in [2.05, 4.69) is 4.98 Å². The quantitative estimate of drug-likeness (QED) is 0.381. The van der Waals surface area contributed by atoms with E-state index < -0.39 is 29.6 Å². The highest BCUT2D eigenvalue weighted by Gasteiger charge is 2.42. The minimum absolute atomic E-state index is 0.122. The van der Waals surface area contributed by atoms with Crippen LogP contribution in [0.4, 0.5) is 32.2 Å². The number of carbonyl (C=O) groups excluding carboxylic acids is 1. The first-order chi connectivity index (χ1) is 12.0. The zero-order valence-corrected chi connectivity index (χ0v) is 12.8. The van der Waals surface area contributed by atoms with Gasteiger partial charge in [0.2, 0.25) is 0 Å². The molecule has 0 aliphatic rings. The molecular formula is C16H11F6N3O. The molecule has 0 radical (unpaired) electrons. The lowest BCUT2D eigenvalue weighted by atomic mass is 10.1. The number of alkyl halides is 6. The van der Waals surface area contributed by atoms with Crippen molar-refractivity contribution in [3.8, 4) is 0 Å². The van der Waals surface area contributed by atoms with Gasteiger partial charge in [0.15, 0.2) is 0 Å². The average molecular weight is 375 g/mol. The summed E-state index contributed by atoms with van der Waals surface area (Å²) in [6.07, 6.45) is -5.40. The van der Waals surface area contributed by atoms with Gasteiger partial charge in [-0.1, -0.05) is 24.3 Å². The van der Waals surface area contributed by atoms with Gasteiger partial charge in [0.1, 0.15) is 5.82 Å². The number of halogens is 6. The first-order valence-electron chi connectivity index (χ1n) is 6.96. The maximum Gasteiger partial charge on any atom is 0.473 e. The number of nitrogens with two attached hydrogens (primary N) is 1. The molecule has 1 amide bonds. The Hall–Kier alpha value is -2.88. The van der Waals surface area contributed by atoms with Crippen molar-refractivity contribution in [2.24, 2.45) is 5.84 Å². The van der Waals surface area contributed by atoms with E-state index in [4.69, 9.17) is 5.84 Å². The van der Waals surface area contributed by atoms with Crippen LogP contribution in [0.15, 0.2) is 42.6 Å². The van der Waals surface area contributed by atoms with Crippen LogP contribution in [-0.2, 0) is 11.0 Å². The van der Waals surface area contributed by atoms with Crippen molar-refractivity contribution in [2.45, 2.75) is 12.4 Å². The number of anilines is 1. The first kappa shape index (κ1) is 19.4. The summed E-state index contributed by atoms with van der Waals surface area (Å²) in [5, 5.41) is -0.122. The lowest BCUT2D eigenvalue weighted by Gasteiger charge is -2.16. The molecule has 0 saturated heterocycles. The molecule has 0 aliphatic heterocycles. The van der Waals surface area contributed by atoms with E-state index in [0.717, 1.165) is 18.2 Å². The highest BCUT2D eigenvalue weighted by molar-refractivity contribution is 5.95. The van der Waals surface area contributed by atoms with Gasteiger partial charge in [-0.2, -0.15) is 26.3 Å². The molecule has 0 spiro atoms. The molecular weight excluding hydrogens is 364 g/mol. The van der Waals surface area contributed by atoms with E-state index in [1.807, 2.05) is 0 Å². The summed E-state index contributed by atoms with van der Waals surface area (Å²) >= 11 is 0. The average Bonchev–Trinajstić information content (AvgIpc) is 2.58. The van der Waals surface area contributed by atoms with Crippen molar-refractivity contribution in [3.05, 3.63) is 59.3 Å². The Labute approximate surface area is 143 Å². The van der Waals surface area contributed by atoms with Crippen LogP contribution >= 0.6 is 0 Å². The van der Waals surface area contributed by atoms with Crippen molar-refractivity contribution >= 4 is 23.9 Å². The van der Waals surface area contributed by atoms with Crippen molar-refractivity contribution in [1.29, 1.82) is 0 Å². The van der Waals surface area contributed by atoms with E-state index in [-0.39, 0.29) is 5.01 Å². The van der Waals surface area contributed by atoms with Crippen molar-refractivity contribution in [2.75, 3.05) is 5.01 Å². The molecule has 138 valence electrons. The van der Waals surface area contributed by atoms with E-state index >= 15 is 0 Å². The number of hydrazine groups is 1. The fraction of sp³-hybridized carbons (Fsp3) is 0.125. The lowest BCUT2D eigenvalue weighted by Crippen LogP contribution is -2.46. The largest absolute Gasteiger partial charge is 0.473 e. The Morgan fingerprint density at radius 3 is 1.92 bits per heavy atom. The smallest absolute Gasteiger partial charge is 0.262 e. The van der Waals surface area contributed by atoms with Crippen molar-refractivity contribution in [3.63, 3.8) is 0 Å². The minimum Gasteiger partial charge on any atom is -0.262 e. The molecule has 2 N–H and O–H groups in total. The van der Waals surface area contributed by atoms with Crippen LogP contribution in [0.25, 0.3) is 12.2 Å².